The molecule has 0 spiro atoms. The van der Waals surface area contributed by atoms with Gasteiger partial charge in [0.1, 0.15) is 35.7 Å². The topological polar surface area (TPSA) is 200 Å². The van der Waals surface area contributed by atoms with Crippen LogP contribution in [0.25, 0.3) is 28.3 Å². The van der Waals surface area contributed by atoms with Gasteiger partial charge in [-0.1, -0.05) is 88.6 Å². The molecule has 0 radical (unpaired) electrons. The first-order valence-corrected chi connectivity index (χ1v) is 24.3. The number of hydrogen-bond acceptors (Lipinski definition) is 13. The van der Waals surface area contributed by atoms with E-state index in [-0.39, 0.29) is 5.97 Å². The number of carbonyl (C=O) groups excluding carboxylic acids is 4. The average molecular weight is 991 g/mol. The lowest BCUT2D eigenvalue weighted by molar-refractivity contribution is -0.137. The highest BCUT2D eigenvalue weighted by Gasteiger charge is 2.19. The van der Waals surface area contributed by atoms with Crippen molar-refractivity contribution < 1.29 is 43.2 Å². The van der Waals surface area contributed by atoms with Gasteiger partial charge in [0.25, 0.3) is 0 Å². The number of aldehydes is 2. The number of methoxy groups -OCH3 is 1. The van der Waals surface area contributed by atoms with Gasteiger partial charge in [0.2, 0.25) is 0 Å². The van der Waals surface area contributed by atoms with Gasteiger partial charge in [-0.05, 0) is 154 Å². The number of carbonyl (C=O) groups is 3. The summed E-state index contributed by atoms with van der Waals surface area (Å²) in [5.41, 5.74) is 14.6. The number of nitrogens with one attached hydrogen (secondary N) is 1. The minimum Gasteiger partial charge on any atom is -0.494 e. The van der Waals surface area contributed by atoms with Crippen LogP contribution >= 0.6 is 0 Å². The van der Waals surface area contributed by atoms with Gasteiger partial charge in [-0.3, -0.25) is 20.2 Å². The summed E-state index contributed by atoms with van der Waals surface area (Å²) in [5, 5.41) is 14.9. The molecule has 3 aromatic carbocycles. The van der Waals surface area contributed by atoms with Crippen LogP contribution in [0.2, 0.25) is 0 Å². The fraction of sp³-hybridized carbons (Fsp3) is 0.390. The first-order chi connectivity index (χ1) is 35.0. The van der Waals surface area contributed by atoms with E-state index in [2.05, 4.69) is 78.8 Å². The number of aliphatic hydroxyl groups excluding tert-OH is 1. The summed E-state index contributed by atoms with van der Waals surface area (Å²) in [6.07, 6.45) is 20.3. The van der Waals surface area contributed by atoms with E-state index in [1.165, 1.54) is 24.5 Å². The molecule has 13 heteroatoms. The number of benzene rings is 3. The standard InChI is InChI=1S/C36H44O5.C11H16N4.C4H6O.C3H4O.C2H2O.C2H6.CH4O/c1-4-29-28-32(30-14-19-33(20-15-30)39-26-12-8-9-13-27-41-36(37)5-2)18-23-35(29)31-16-21-34(22-17-31)40-25-11-7-6-10-24-38-3;1-7-4-5-9(14-3)10(13)11(7)15-8(2)6-12;5-3-4-1-2-4;1-2-3-4;1-2-3;2*1-2/h4-5,14-23,28H,1-2,6-13,24-27H2,3H3;4-5,13H,6,12H2,1-3H3;3-4H,1-2H2;2-3H,1H2;1H2;1-2H3;2H,1H3. The summed E-state index contributed by atoms with van der Waals surface area (Å²) in [4.78, 5) is 46.6. The van der Waals surface area contributed by atoms with Crippen LogP contribution in [-0.2, 0) is 28.7 Å². The Balaban J connectivity index is 0. The van der Waals surface area contributed by atoms with Crippen molar-refractivity contribution in [3.63, 3.8) is 0 Å². The minimum atomic E-state index is -0.361. The van der Waals surface area contributed by atoms with Crippen LogP contribution in [0.15, 0.2) is 139 Å². The molecule has 2 aliphatic carbocycles. The minimum absolute atomic E-state index is 0.361. The third-order valence-electron chi connectivity index (χ3n) is 9.96. The maximum absolute atomic E-state index is 11.0. The Kier molecular flexibility index (Phi) is 42.2. The molecular weight excluding hydrogens is 909 g/mol. The maximum Gasteiger partial charge on any atom is 0.330 e. The lowest BCUT2D eigenvalue weighted by Gasteiger charge is -2.12. The molecule has 13 nitrogen and oxygen atoms in total. The molecule has 0 amide bonds. The second-order valence-electron chi connectivity index (χ2n) is 15.3. The summed E-state index contributed by atoms with van der Waals surface area (Å²) in [6, 6.07) is 23.0. The number of rotatable bonds is 24. The Labute approximate surface area is 430 Å². The van der Waals surface area contributed by atoms with Gasteiger partial charge in [-0.25, -0.2) is 9.59 Å². The van der Waals surface area contributed by atoms with Gasteiger partial charge < -0.3 is 34.6 Å². The molecule has 0 saturated heterocycles. The smallest absolute Gasteiger partial charge is 0.330 e. The van der Waals surface area contributed by atoms with Crippen molar-refractivity contribution >= 4 is 47.7 Å². The molecule has 2 aliphatic rings. The lowest BCUT2D eigenvalue weighted by Crippen LogP contribution is -2.19. The van der Waals surface area contributed by atoms with Crippen LogP contribution in [0.5, 0.6) is 11.5 Å². The summed E-state index contributed by atoms with van der Waals surface area (Å²) < 4.78 is 21.9. The van der Waals surface area contributed by atoms with Crippen molar-refractivity contribution in [3.8, 4) is 33.8 Å². The number of unbranched alkanes of at least 4 members (excludes halogenated alkanes) is 6. The van der Waals surface area contributed by atoms with Crippen LogP contribution < -0.4 is 15.2 Å². The lowest BCUT2D eigenvalue weighted by atomic mass is 9.95. The number of esters is 1. The zero-order valence-electron chi connectivity index (χ0n) is 44.1. The normalized spacial score (nSPS) is 12.4. The number of hydrogen-bond donors (Lipinski definition) is 3. The van der Waals surface area contributed by atoms with E-state index in [1.807, 2.05) is 70.2 Å². The van der Waals surface area contributed by atoms with Gasteiger partial charge in [0.15, 0.2) is 0 Å². The van der Waals surface area contributed by atoms with Crippen LogP contribution in [0, 0.1) is 11.3 Å². The van der Waals surface area contributed by atoms with Crippen molar-refractivity contribution in [2.75, 3.05) is 54.2 Å². The van der Waals surface area contributed by atoms with Gasteiger partial charge in [-0.2, -0.15) is 0 Å². The fourth-order valence-electron chi connectivity index (χ4n) is 6.00. The largest absolute Gasteiger partial charge is 0.494 e. The van der Waals surface area contributed by atoms with E-state index in [0.29, 0.717) is 49.1 Å². The van der Waals surface area contributed by atoms with Crippen LogP contribution in [0.4, 0.5) is 0 Å². The molecule has 0 heterocycles. The van der Waals surface area contributed by atoms with Gasteiger partial charge in [0, 0.05) is 52.1 Å². The Hall–Kier alpha value is -6.89. The number of aliphatic hydroxyl groups is 1. The van der Waals surface area contributed by atoms with Crippen molar-refractivity contribution in [2.45, 2.75) is 91.9 Å². The highest BCUT2D eigenvalue weighted by atomic mass is 16.5. The molecule has 3 aromatic rings. The first kappa shape index (κ1) is 67.2. The van der Waals surface area contributed by atoms with E-state index in [9.17, 15) is 9.59 Å². The van der Waals surface area contributed by atoms with E-state index in [4.69, 9.17) is 44.8 Å². The molecule has 5 rings (SSSR count). The molecule has 0 atom stereocenters. The van der Waals surface area contributed by atoms with Crippen molar-refractivity contribution in [1.82, 2.24) is 0 Å². The monoisotopic (exact) mass is 991 g/mol. The van der Waals surface area contributed by atoms with E-state index in [1.54, 1.807) is 14.2 Å². The summed E-state index contributed by atoms with van der Waals surface area (Å²) in [6.45, 7) is 24.1. The quantitative estimate of drug-likeness (QED) is 0.0147. The van der Waals surface area contributed by atoms with Crippen LogP contribution in [0.1, 0.15) is 97.5 Å². The van der Waals surface area contributed by atoms with Crippen molar-refractivity contribution in [1.29, 1.82) is 5.41 Å². The Morgan fingerprint density at radius 3 is 1.71 bits per heavy atom. The Morgan fingerprint density at radius 1 is 0.806 bits per heavy atom. The fourth-order valence-corrected chi connectivity index (χ4v) is 6.00. The molecule has 72 heavy (non-hydrogen) atoms. The zero-order valence-corrected chi connectivity index (χ0v) is 44.1. The molecule has 392 valence electrons. The Bertz CT molecular complexity index is 2170. The molecule has 0 aromatic heterocycles. The highest BCUT2D eigenvalue weighted by Crippen LogP contribution is 2.32. The summed E-state index contributed by atoms with van der Waals surface area (Å²) in [7, 11) is 4.42. The molecule has 4 N–H and O–H groups in total. The van der Waals surface area contributed by atoms with E-state index < -0.39 is 0 Å². The van der Waals surface area contributed by atoms with Gasteiger partial charge >= 0.3 is 5.97 Å². The number of aliphatic imine (C=N–C) groups is 2. The number of allylic oxidation sites excluding steroid dienone is 5. The zero-order chi connectivity index (χ0) is 54.4. The third kappa shape index (κ3) is 30.7. The van der Waals surface area contributed by atoms with Crippen LogP contribution in [-0.4, -0.2) is 101 Å². The van der Waals surface area contributed by atoms with E-state index in [0.717, 1.165) is 135 Å². The van der Waals surface area contributed by atoms with Crippen LogP contribution in [0.3, 0.4) is 0 Å². The number of nitrogens with zero attached hydrogens (tertiary/aromatic N) is 2. The maximum atomic E-state index is 11.0. The predicted molar refractivity (Wildman–Crippen MR) is 299 cm³/mol. The molecule has 0 aliphatic heterocycles. The molecule has 0 unspecified atom stereocenters. The van der Waals surface area contributed by atoms with Gasteiger partial charge in [-0.15, -0.1) is 0 Å². The van der Waals surface area contributed by atoms with Crippen molar-refractivity contribution in [2.24, 2.45) is 21.6 Å². The first-order valence-electron chi connectivity index (χ1n) is 24.3. The Morgan fingerprint density at radius 2 is 1.29 bits per heavy atom. The van der Waals surface area contributed by atoms with Crippen molar-refractivity contribution in [3.05, 3.63) is 134 Å². The molecule has 0 bridgehead atoms. The SMILES string of the molecule is C=C=O.C=CC(=O)OCCCCCCOc1ccc(-c2ccc(-c3ccc(OCCCCCCOC)cc3)c(C=C)c2)cc1.C=CC=O.CC.CN=C1C=CC(C)=C(N=C(C)CN)C1=N.CO.O=CC1CC1. The molecule has 1 fully saturated rings. The summed E-state index contributed by atoms with van der Waals surface area (Å²) in [5.74, 6) is 3.11. The average Bonchev–Trinajstić information content (AvgIpc) is 4.27. The highest BCUT2D eigenvalue weighted by molar-refractivity contribution is 6.52. The number of ether oxygens (including phenoxy) is 4. The van der Waals surface area contributed by atoms with E-state index >= 15 is 0 Å². The second-order valence-corrected chi connectivity index (χ2v) is 15.3. The predicted octanol–water partition coefficient (Wildman–Crippen LogP) is 11.9. The molecule has 1 saturated carbocycles. The third-order valence-corrected chi connectivity index (χ3v) is 9.96. The number of nitrogens with two attached hydrogens (primary N) is 1. The van der Waals surface area contributed by atoms with Gasteiger partial charge in [0.05, 0.1) is 31.2 Å². The second kappa shape index (κ2) is 45.3. The summed E-state index contributed by atoms with van der Waals surface area (Å²) >= 11 is 0. The molecular formula is C59H82N4O9.